The van der Waals surface area contributed by atoms with Crippen LogP contribution in [0.25, 0.3) is 21.6 Å². The molecule has 8 heteroatoms. The van der Waals surface area contributed by atoms with Crippen molar-refractivity contribution in [3.63, 3.8) is 0 Å². The minimum absolute atomic E-state index is 0.133. The molecule has 4 rings (SSSR count). The zero-order valence-corrected chi connectivity index (χ0v) is 16.2. The molecule has 0 radical (unpaired) electrons. The van der Waals surface area contributed by atoms with Gasteiger partial charge in [0.1, 0.15) is 22.1 Å². The number of nitrogens with zero attached hydrogens (tertiary/aromatic N) is 3. The summed E-state index contributed by atoms with van der Waals surface area (Å²) in [6.45, 7) is 2.48. The summed E-state index contributed by atoms with van der Waals surface area (Å²) in [6, 6.07) is 11.0. The van der Waals surface area contributed by atoms with Crippen LogP contribution in [-0.2, 0) is 6.54 Å². The van der Waals surface area contributed by atoms with Gasteiger partial charge in [0, 0.05) is 18.0 Å². The molecule has 4 aromatic rings. The first-order valence-electron chi connectivity index (χ1n) is 8.72. The Hall–Kier alpha value is -3.52. The largest absolute Gasteiger partial charge is 0.507 e. The molecule has 0 unspecified atom stereocenters. The summed E-state index contributed by atoms with van der Waals surface area (Å²) < 4.78 is 16.3. The molecule has 0 bridgehead atoms. The summed E-state index contributed by atoms with van der Waals surface area (Å²) in [5.41, 5.74) is 1.93. The van der Waals surface area contributed by atoms with Gasteiger partial charge in [-0.1, -0.05) is 18.2 Å². The Kier molecular flexibility index (Phi) is 4.85. The van der Waals surface area contributed by atoms with Crippen LogP contribution in [0.15, 0.2) is 54.9 Å². The molecule has 0 fully saturated rings. The van der Waals surface area contributed by atoms with E-state index in [1.54, 1.807) is 29.1 Å². The fourth-order valence-electron chi connectivity index (χ4n) is 3.10. The van der Waals surface area contributed by atoms with Crippen LogP contribution in [0.1, 0.15) is 21.1 Å². The van der Waals surface area contributed by atoms with Crippen molar-refractivity contribution in [2.75, 3.05) is 0 Å². The Morgan fingerprint density at radius 1 is 1.21 bits per heavy atom. The number of carboxylic acids is 1. The van der Waals surface area contributed by atoms with Crippen molar-refractivity contribution in [2.45, 2.75) is 13.5 Å². The van der Waals surface area contributed by atoms with Crippen molar-refractivity contribution in [1.82, 2.24) is 14.8 Å². The number of thiazole rings is 1. The zero-order chi connectivity index (χ0) is 20.5. The van der Waals surface area contributed by atoms with E-state index < -0.39 is 23.1 Å². The smallest absolute Gasteiger partial charge is 0.339 e. The number of aromatic nitrogens is 3. The summed E-state index contributed by atoms with van der Waals surface area (Å²) in [4.78, 5) is 16.6. The number of carboxylic acid groups (broad SMARTS) is 1. The van der Waals surface area contributed by atoms with Crippen molar-refractivity contribution in [1.29, 1.82) is 0 Å². The average Bonchev–Trinajstić information content (AvgIpc) is 3.33. The van der Waals surface area contributed by atoms with Crippen molar-refractivity contribution >= 4 is 17.3 Å². The van der Waals surface area contributed by atoms with E-state index in [4.69, 9.17) is 5.11 Å². The number of aromatic hydroxyl groups is 1. The van der Waals surface area contributed by atoms with Crippen LogP contribution in [0.4, 0.5) is 4.39 Å². The minimum atomic E-state index is -1.38. The molecule has 0 saturated carbocycles. The predicted molar refractivity (Wildman–Crippen MR) is 108 cm³/mol. The fraction of sp³-hybridized carbons (Fsp3) is 0.0952. The maximum Gasteiger partial charge on any atom is 0.339 e. The van der Waals surface area contributed by atoms with E-state index in [0.717, 1.165) is 33.3 Å². The second-order valence-electron chi connectivity index (χ2n) is 6.46. The molecule has 2 aromatic heterocycles. The predicted octanol–water partition coefficient (Wildman–Crippen LogP) is 4.57. The Balaban J connectivity index is 1.71. The van der Waals surface area contributed by atoms with Gasteiger partial charge >= 0.3 is 5.97 Å². The van der Waals surface area contributed by atoms with E-state index in [1.165, 1.54) is 11.3 Å². The highest BCUT2D eigenvalue weighted by Gasteiger charge is 2.17. The second-order valence-corrected chi connectivity index (χ2v) is 7.54. The van der Waals surface area contributed by atoms with Crippen LogP contribution in [0.3, 0.4) is 0 Å². The van der Waals surface area contributed by atoms with Gasteiger partial charge < -0.3 is 10.2 Å². The lowest BCUT2D eigenvalue weighted by atomic mass is 9.99. The van der Waals surface area contributed by atoms with E-state index in [1.807, 2.05) is 25.3 Å². The number of halogens is 1. The molecular weight excluding hydrogens is 393 g/mol. The third kappa shape index (κ3) is 3.74. The number of rotatable bonds is 5. The first kappa shape index (κ1) is 18.8. The van der Waals surface area contributed by atoms with Gasteiger partial charge in [0.2, 0.25) is 0 Å². The molecule has 2 N–H and O–H groups in total. The lowest BCUT2D eigenvalue weighted by molar-refractivity contribution is 0.0693. The van der Waals surface area contributed by atoms with Crippen molar-refractivity contribution < 1.29 is 19.4 Å². The van der Waals surface area contributed by atoms with E-state index in [0.29, 0.717) is 12.1 Å². The highest BCUT2D eigenvalue weighted by molar-refractivity contribution is 7.15. The lowest BCUT2D eigenvalue weighted by Crippen LogP contribution is -1.99. The molecule has 0 aliphatic carbocycles. The summed E-state index contributed by atoms with van der Waals surface area (Å²) >= 11 is 1.54. The third-order valence-electron chi connectivity index (χ3n) is 4.45. The summed E-state index contributed by atoms with van der Waals surface area (Å²) in [7, 11) is 0. The Morgan fingerprint density at radius 3 is 2.72 bits per heavy atom. The van der Waals surface area contributed by atoms with Crippen LogP contribution in [0.5, 0.6) is 5.75 Å². The average molecular weight is 409 g/mol. The first-order chi connectivity index (χ1) is 13.9. The molecule has 2 aromatic carbocycles. The monoisotopic (exact) mass is 409 g/mol. The lowest BCUT2D eigenvalue weighted by Gasteiger charge is -2.08. The number of hydrogen-bond donors (Lipinski definition) is 2. The summed E-state index contributed by atoms with van der Waals surface area (Å²) in [6.07, 6.45) is 3.58. The molecule has 0 aliphatic rings. The standard InChI is InChI=1S/C21H16FN3O3S/c1-12-20(29-19(24-12)11-25-7-3-6-23-25)14-5-2-4-13(8-14)15-10-18(26)16(21(27)28)9-17(15)22/h2-10,26H,11H2,1H3,(H,27,28). The summed E-state index contributed by atoms with van der Waals surface area (Å²) in [5, 5.41) is 24.1. The maximum atomic E-state index is 14.5. The van der Waals surface area contributed by atoms with Gasteiger partial charge in [0.25, 0.3) is 0 Å². The zero-order valence-electron chi connectivity index (χ0n) is 15.3. The Bertz CT molecular complexity index is 1200. The van der Waals surface area contributed by atoms with Gasteiger partial charge in [0.15, 0.2) is 0 Å². The second kappa shape index (κ2) is 7.48. The van der Waals surface area contributed by atoms with E-state index >= 15 is 0 Å². The molecule has 0 amide bonds. The highest BCUT2D eigenvalue weighted by atomic mass is 32.1. The maximum absolute atomic E-state index is 14.5. The van der Waals surface area contributed by atoms with Crippen molar-refractivity contribution in [2.24, 2.45) is 0 Å². The molecule has 0 saturated heterocycles. The van der Waals surface area contributed by atoms with Gasteiger partial charge in [-0.25, -0.2) is 14.2 Å². The van der Waals surface area contributed by atoms with Crippen molar-refractivity contribution in [3.8, 4) is 27.3 Å². The normalized spacial score (nSPS) is 11.0. The fourth-order valence-corrected chi connectivity index (χ4v) is 4.16. The Morgan fingerprint density at radius 2 is 2.00 bits per heavy atom. The minimum Gasteiger partial charge on any atom is -0.507 e. The number of phenols is 1. The molecule has 0 atom stereocenters. The third-order valence-corrected chi connectivity index (χ3v) is 5.64. The molecule has 29 heavy (non-hydrogen) atoms. The molecule has 146 valence electrons. The van der Waals surface area contributed by atoms with Gasteiger partial charge in [-0.3, -0.25) is 4.68 Å². The Labute approximate surface area is 169 Å². The number of carbonyl (C=O) groups is 1. The van der Waals surface area contributed by atoms with Gasteiger partial charge in [-0.15, -0.1) is 11.3 Å². The van der Waals surface area contributed by atoms with Crippen LogP contribution in [-0.4, -0.2) is 30.9 Å². The molecular formula is C21H16FN3O3S. The first-order valence-corrected chi connectivity index (χ1v) is 9.54. The van der Waals surface area contributed by atoms with E-state index in [-0.39, 0.29) is 5.56 Å². The van der Waals surface area contributed by atoms with Crippen LogP contribution < -0.4 is 0 Å². The van der Waals surface area contributed by atoms with Crippen LogP contribution in [0.2, 0.25) is 0 Å². The summed E-state index contributed by atoms with van der Waals surface area (Å²) in [5.74, 6) is -2.57. The van der Waals surface area contributed by atoms with Crippen LogP contribution >= 0.6 is 11.3 Å². The highest BCUT2D eigenvalue weighted by Crippen LogP contribution is 2.35. The quantitative estimate of drug-likeness (QED) is 0.504. The number of benzene rings is 2. The van der Waals surface area contributed by atoms with Gasteiger partial charge in [0.05, 0.1) is 17.1 Å². The van der Waals surface area contributed by atoms with Gasteiger partial charge in [-0.2, -0.15) is 5.10 Å². The van der Waals surface area contributed by atoms with Crippen LogP contribution in [0, 0.1) is 12.7 Å². The topological polar surface area (TPSA) is 88.2 Å². The van der Waals surface area contributed by atoms with E-state index in [2.05, 4.69) is 10.1 Å². The molecule has 0 spiro atoms. The molecule has 0 aliphatic heterocycles. The number of hydrogen-bond acceptors (Lipinski definition) is 5. The van der Waals surface area contributed by atoms with E-state index in [9.17, 15) is 14.3 Å². The van der Waals surface area contributed by atoms with Gasteiger partial charge in [-0.05, 0) is 42.3 Å². The van der Waals surface area contributed by atoms with Crippen molar-refractivity contribution in [3.05, 3.63) is 76.9 Å². The molecule has 2 heterocycles. The number of aromatic carboxylic acids is 1. The number of aryl methyl sites for hydroxylation is 1. The molecule has 6 nitrogen and oxygen atoms in total. The SMILES string of the molecule is Cc1nc(Cn2cccn2)sc1-c1cccc(-c2cc(O)c(C(=O)O)cc2F)c1.